The van der Waals surface area contributed by atoms with Crippen LogP contribution in [0.2, 0.25) is 0 Å². The fourth-order valence-electron chi connectivity index (χ4n) is 2.56. The Morgan fingerprint density at radius 3 is 2.38 bits per heavy atom. The molecule has 0 radical (unpaired) electrons. The van der Waals surface area contributed by atoms with E-state index in [1.807, 2.05) is 0 Å². The lowest BCUT2D eigenvalue weighted by Gasteiger charge is -2.25. The van der Waals surface area contributed by atoms with Crippen molar-refractivity contribution in [1.82, 2.24) is 5.32 Å². The average molecular weight is 384 g/mol. The molecule has 0 aliphatic carbocycles. The Balaban J connectivity index is 2.08. The zero-order valence-corrected chi connectivity index (χ0v) is 16.1. The lowest BCUT2D eigenvalue weighted by molar-refractivity contribution is -0.138. The van der Waals surface area contributed by atoms with Crippen LogP contribution in [0.5, 0.6) is 11.5 Å². The molecule has 1 unspecified atom stereocenters. The van der Waals surface area contributed by atoms with Crippen LogP contribution in [0.4, 0.5) is 5.69 Å². The summed E-state index contributed by atoms with van der Waals surface area (Å²) in [7, 11) is -0.136. The second kappa shape index (κ2) is 7.53. The predicted molar refractivity (Wildman–Crippen MR) is 97.2 cm³/mol. The van der Waals surface area contributed by atoms with Gasteiger partial charge in [0.25, 0.3) is 0 Å². The number of amides is 2. The lowest BCUT2D eigenvalue weighted by atomic mass is 9.90. The Morgan fingerprint density at radius 1 is 1.15 bits per heavy atom. The second-order valence-electron chi connectivity index (χ2n) is 6.72. The third-order valence-corrected chi connectivity index (χ3v) is 6.13. The van der Waals surface area contributed by atoms with E-state index in [0.29, 0.717) is 23.6 Å². The summed E-state index contributed by atoms with van der Waals surface area (Å²) in [5.74, 6) is -0.130. The van der Waals surface area contributed by atoms with Crippen LogP contribution in [0, 0.1) is 5.41 Å². The van der Waals surface area contributed by atoms with Gasteiger partial charge in [0, 0.05) is 12.1 Å². The molecule has 1 aliphatic heterocycles. The predicted octanol–water partition coefficient (Wildman–Crippen LogP) is 0.972. The van der Waals surface area contributed by atoms with E-state index in [1.54, 1.807) is 18.2 Å². The zero-order chi connectivity index (χ0) is 19.5. The van der Waals surface area contributed by atoms with Crippen molar-refractivity contribution in [2.24, 2.45) is 5.41 Å². The fraction of sp³-hybridized carbons (Fsp3) is 0.529. The average Bonchev–Trinajstić information content (AvgIpc) is 2.93. The van der Waals surface area contributed by atoms with Crippen molar-refractivity contribution in [3.8, 4) is 11.5 Å². The number of benzene rings is 1. The normalized spacial score (nSPS) is 18.8. The van der Waals surface area contributed by atoms with Crippen molar-refractivity contribution < 1.29 is 27.5 Å². The molecule has 144 valence electrons. The summed E-state index contributed by atoms with van der Waals surface area (Å²) in [6.45, 7) is 2.97. The molecule has 26 heavy (non-hydrogen) atoms. The topological polar surface area (TPSA) is 111 Å². The highest BCUT2D eigenvalue weighted by Crippen LogP contribution is 2.30. The first-order valence-corrected chi connectivity index (χ1v) is 9.96. The van der Waals surface area contributed by atoms with Crippen LogP contribution < -0.4 is 20.1 Å². The van der Waals surface area contributed by atoms with E-state index in [4.69, 9.17) is 9.47 Å². The molecule has 1 fully saturated rings. The molecule has 1 atom stereocenters. The highest BCUT2D eigenvalue weighted by atomic mass is 32.2. The van der Waals surface area contributed by atoms with Crippen molar-refractivity contribution in [3.05, 3.63) is 18.2 Å². The lowest BCUT2D eigenvalue weighted by Crippen LogP contribution is -2.48. The van der Waals surface area contributed by atoms with Crippen molar-refractivity contribution in [1.29, 1.82) is 0 Å². The summed E-state index contributed by atoms with van der Waals surface area (Å²) in [6, 6.07) is 4.43. The van der Waals surface area contributed by atoms with Gasteiger partial charge in [0.2, 0.25) is 11.8 Å². The summed E-state index contributed by atoms with van der Waals surface area (Å²) in [6.07, 6.45) is 0.359. The van der Waals surface area contributed by atoms with Gasteiger partial charge in [-0.15, -0.1) is 0 Å². The van der Waals surface area contributed by atoms with E-state index in [9.17, 15) is 18.0 Å². The minimum atomic E-state index is -3.11. The summed E-state index contributed by atoms with van der Waals surface area (Å²) in [4.78, 5) is 25.1. The molecule has 0 aromatic heterocycles. The van der Waals surface area contributed by atoms with Crippen LogP contribution >= 0.6 is 0 Å². The van der Waals surface area contributed by atoms with Gasteiger partial charge in [-0.1, -0.05) is 0 Å². The van der Waals surface area contributed by atoms with E-state index >= 15 is 0 Å². The summed E-state index contributed by atoms with van der Waals surface area (Å²) < 4.78 is 33.4. The van der Waals surface area contributed by atoms with Gasteiger partial charge >= 0.3 is 0 Å². The van der Waals surface area contributed by atoms with Crippen molar-refractivity contribution in [2.75, 3.05) is 31.0 Å². The van der Waals surface area contributed by atoms with Crippen LogP contribution in [0.3, 0.4) is 0 Å². The van der Waals surface area contributed by atoms with Crippen LogP contribution in [-0.4, -0.2) is 52.0 Å². The molecule has 1 aromatic carbocycles. The van der Waals surface area contributed by atoms with Gasteiger partial charge in [0.15, 0.2) is 9.84 Å². The Morgan fingerprint density at radius 2 is 1.85 bits per heavy atom. The maximum atomic E-state index is 12.6. The Hall–Kier alpha value is -2.29. The number of ether oxygens (including phenoxy) is 2. The van der Waals surface area contributed by atoms with Gasteiger partial charge < -0.3 is 20.1 Å². The van der Waals surface area contributed by atoms with E-state index in [2.05, 4.69) is 10.6 Å². The Kier molecular flexibility index (Phi) is 5.80. The molecule has 2 N–H and O–H groups in total. The summed E-state index contributed by atoms with van der Waals surface area (Å²) in [5.41, 5.74) is -0.986. The largest absolute Gasteiger partial charge is 0.497 e. The molecule has 1 heterocycles. The van der Waals surface area contributed by atoms with Crippen molar-refractivity contribution in [2.45, 2.75) is 26.3 Å². The van der Waals surface area contributed by atoms with Gasteiger partial charge in [-0.05, 0) is 32.4 Å². The number of rotatable bonds is 6. The monoisotopic (exact) mass is 384 g/mol. The number of anilines is 1. The van der Waals surface area contributed by atoms with Crippen LogP contribution in [0.15, 0.2) is 18.2 Å². The molecule has 2 rings (SSSR count). The molecular formula is C17H24N2O6S. The van der Waals surface area contributed by atoms with Gasteiger partial charge in [-0.2, -0.15) is 0 Å². The van der Waals surface area contributed by atoms with Gasteiger partial charge in [0.05, 0.1) is 31.4 Å². The Bertz CT molecular complexity index is 803. The van der Waals surface area contributed by atoms with Gasteiger partial charge in [0.1, 0.15) is 16.9 Å². The number of hydrogen-bond acceptors (Lipinski definition) is 6. The van der Waals surface area contributed by atoms with Crippen LogP contribution in [-0.2, 0) is 19.4 Å². The minimum absolute atomic E-state index is 0.0492. The number of nitrogens with one attached hydrogen (secondary N) is 2. The SMILES string of the molecule is COc1ccc(NC(=O)C(C)(C)C(=O)NC2CCS(=O)(=O)C2)c(OC)c1. The van der Waals surface area contributed by atoms with Crippen LogP contribution in [0.1, 0.15) is 20.3 Å². The summed E-state index contributed by atoms with van der Waals surface area (Å²) in [5, 5.41) is 5.33. The second-order valence-corrected chi connectivity index (χ2v) is 8.95. The fourth-order valence-corrected chi connectivity index (χ4v) is 4.23. The van der Waals surface area contributed by atoms with Gasteiger partial charge in [-0.25, -0.2) is 8.42 Å². The summed E-state index contributed by atoms with van der Waals surface area (Å²) >= 11 is 0. The highest BCUT2D eigenvalue weighted by molar-refractivity contribution is 7.91. The Labute approximate surface area is 153 Å². The molecule has 2 amide bonds. The van der Waals surface area contributed by atoms with E-state index in [1.165, 1.54) is 28.1 Å². The number of hydrogen-bond donors (Lipinski definition) is 2. The first kappa shape index (κ1) is 20.0. The molecule has 0 saturated carbocycles. The zero-order valence-electron chi connectivity index (χ0n) is 15.3. The highest BCUT2D eigenvalue weighted by Gasteiger charge is 2.39. The maximum Gasteiger partial charge on any atom is 0.239 e. The molecule has 8 nitrogen and oxygen atoms in total. The van der Waals surface area contributed by atoms with Gasteiger partial charge in [-0.3, -0.25) is 9.59 Å². The van der Waals surface area contributed by atoms with Crippen molar-refractivity contribution >= 4 is 27.3 Å². The minimum Gasteiger partial charge on any atom is -0.497 e. The standard InChI is InChI=1S/C17H24N2O6S/c1-17(2,15(20)18-11-7-8-26(22,23)10-11)16(21)19-13-6-5-12(24-3)9-14(13)25-4/h5-6,9,11H,7-8,10H2,1-4H3,(H,18,20)(H,19,21). The first-order valence-electron chi connectivity index (χ1n) is 8.14. The number of carbonyl (C=O) groups excluding carboxylic acids is 2. The first-order chi connectivity index (χ1) is 12.1. The molecule has 0 spiro atoms. The molecule has 0 bridgehead atoms. The number of sulfone groups is 1. The molecule has 1 aliphatic rings. The maximum absolute atomic E-state index is 12.6. The number of carbonyl (C=O) groups is 2. The third-order valence-electron chi connectivity index (χ3n) is 4.36. The molecule has 1 aromatic rings. The molecular weight excluding hydrogens is 360 g/mol. The molecule has 9 heteroatoms. The van der Waals surface area contributed by atoms with E-state index < -0.39 is 33.1 Å². The smallest absolute Gasteiger partial charge is 0.239 e. The van der Waals surface area contributed by atoms with Crippen LogP contribution in [0.25, 0.3) is 0 Å². The van der Waals surface area contributed by atoms with E-state index in [0.717, 1.165) is 0 Å². The number of methoxy groups -OCH3 is 2. The third kappa shape index (κ3) is 4.46. The molecule has 1 saturated heterocycles. The quantitative estimate of drug-likeness (QED) is 0.707. The van der Waals surface area contributed by atoms with E-state index in [-0.39, 0.29) is 11.5 Å². The van der Waals surface area contributed by atoms with Crippen molar-refractivity contribution in [3.63, 3.8) is 0 Å².